The summed E-state index contributed by atoms with van der Waals surface area (Å²) in [5.74, 6) is -2.29. The van der Waals surface area contributed by atoms with Crippen LogP contribution >= 0.6 is 0 Å². The molecule has 1 aliphatic heterocycles. The maximum Gasteiger partial charge on any atom is 0.341 e. The third-order valence-corrected chi connectivity index (χ3v) is 8.13. The van der Waals surface area contributed by atoms with Crippen LogP contribution in [0, 0.1) is 5.41 Å². The summed E-state index contributed by atoms with van der Waals surface area (Å²) in [6.07, 6.45) is 2.39. The summed E-state index contributed by atoms with van der Waals surface area (Å²) in [6.45, 7) is 0.998. The fraction of sp³-hybridized carbons (Fsp3) is 0.667. The van der Waals surface area contributed by atoms with Crippen molar-refractivity contribution in [3.63, 3.8) is 0 Å². The molecule has 1 aromatic rings. The van der Waals surface area contributed by atoms with E-state index in [-0.39, 0.29) is 18.3 Å². The van der Waals surface area contributed by atoms with Crippen LogP contribution in [0.1, 0.15) is 59.0 Å². The van der Waals surface area contributed by atoms with Crippen molar-refractivity contribution in [1.29, 1.82) is 0 Å². The molecule has 0 N–H and O–H groups in total. The molecule has 1 aromatic carbocycles. The van der Waals surface area contributed by atoms with Gasteiger partial charge in [-0.3, -0.25) is 4.79 Å². The summed E-state index contributed by atoms with van der Waals surface area (Å²) in [4.78, 5) is 26.4. The predicted octanol–water partition coefficient (Wildman–Crippen LogP) is 2.51. The minimum atomic E-state index is -0.982. The zero-order valence-corrected chi connectivity index (χ0v) is 19.4. The number of esters is 2. The van der Waals surface area contributed by atoms with Gasteiger partial charge in [0.1, 0.15) is 23.7 Å². The third-order valence-electron chi connectivity index (χ3n) is 8.13. The lowest BCUT2D eigenvalue weighted by molar-refractivity contribution is -0.289. The SMILES string of the molecule is COCO[C@]12CC[C@H]3c4ccc(OC)c(C(=O)OC)c4[C@@H](C(=O)OC)[C@@]3(CC13OCCO3)C2. The topological polar surface area (TPSA) is 98.8 Å². The molecule has 0 amide bonds. The van der Waals surface area contributed by atoms with Gasteiger partial charge in [-0.1, -0.05) is 6.07 Å². The maximum absolute atomic E-state index is 13.4. The molecule has 4 aliphatic rings. The number of fused-ring (bicyclic) bond motifs is 4. The molecule has 1 heterocycles. The van der Waals surface area contributed by atoms with Gasteiger partial charge in [0.25, 0.3) is 0 Å². The van der Waals surface area contributed by atoms with E-state index < -0.39 is 34.7 Å². The van der Waals surface area contributed by atoms with E-state index in [4.69, 9.17) is 33.2 Å². The molecule has 2 saturated carbocycles. The Morgan fingerprint density at radius 1 is 1.06 bits per heavy atom. The second-order valence-corrected chi connectivity index (χ2v) is 9.27. The molecule has 0 radical (unpaired) electrons. The van der Waals surface area contributed by atoms with Gasteiger partial charge in [0, 0.05) is 18.9 Å². The number of carbonyl (C=O) groups is 2. The maximum atomic E-state index is 13.4. The molecule has 5 rings (SSSR count). The highest BCUT2D eigenvalue weighted by molar-refractivity contribution is 5.98. The number of rotatable bonds is 6. The van der Waals surface area contributed by atoms with Crippen molar-refractivity contribution in [2.75, 3.05) is 48.4 Å². The zero-order valence-electron chi connectivity index (χ0n) is 19.4. The smallest absolute Gasteiger partial charge is 0.341 e. The van der Waals surface area contributed by atoms with Crippen LogP contribution in [0.15, 0.2) is 12.1 Å². The highest BCUT2D eigenvalue weighted by Crippen LogP contribution is 2.75. The number of hydrogen-bond donors (Lipinski definition) is 0. The van der Waals surface area contributed by atoms with Gasteiger partial charge < -0.3 is 33.2 Å². The van der Waals surface area contributed by atoms with Crippen LogP contribution in [0.2, 0.25) is 0 Å². The van der Waals surface area contributed by atoms with Crippen LogP contribution in [0.4, 0.5) is 0 Å². The molecular weight excluding hydrogens is 432 g/mol. The van der Waals surface area contributed by atoms with Crippen LogP contribution in [0.5, 0.6) is 5.75 Å². The molecule has 2 bridgehead atoms. The largest absolute Gasteiger partial charge is 0.496 e. The molecule has 3 aliphatic carbocycles. The average molecular weight is 462 g/mol. The van der Waals surface area contributed by atoms with Gasteiger partial charge in [-0.05, 0) is 42.4 Å². The molecule has 9 nitrogen and oxygen atoms in total. The number of hydrogen-bond acceptors (Lipinski definition) is 9. The lowest BCUT2D eigenvalue weighted by Gasteiger charge is -2.45. The first-order valence-corrected chi connectivity index (χ1v) is 11.2. The van der Waals surface area contributed by atoms with E-state index in [0.29, 0.717) is 43.8 Å². The monoisotopic (exact) mass is 462 g/mol. The Labute approximate surface area is 192 Å². The molecule has 1 saturated heterocycles. The molecule has 4 atom stereocenters. The molecule has 0 unspecified atom stereocenters. The van der Waals surface area contributed by atoms with Crippen molar-refractivity contribution in [2.24, 2.45) is 5.41 Å². The molecular formula is C24H30O9. The van der Waals surface area contributed by atoms with Crippen molar-refractivity contribution in [1.82, 2.24) is 0 Å². The van der Waals surface area contributed by atoms with Gasteiger partial charge in [0.2, 0.25) is 0 Å². The Morgan fingerprint density at radius 3 is 2.45 bits per heavy atom. The summed E-state index contributed by atoms with van der Waals surface area (Å²) in [5.41, 5.74) is 0.465. The second kappa shape index (κ2) is 7.94. The van der Waals surface area contributed by atoms with Crippen molar-refractivity contribution in [3.8, 4) is 5.75 Å². The highest BCUT2D eigenvalue weighted by atomic mass is 16.8. The third kappa shape index (κ3) is 2.86. The Balaban J connectivity index is 1.72. The fourth-order valence-electron chi connectivity index (χ4n) is 7.08. The van der Waals surface area contributed by atoms with Crippen LogP contribution in [0.25, 0.3) is 0 Å². The standard InChI is InChI=1S/C24H30O9/c1-27-13-33-23-8-7-15-14-5-6-16(28-2)18(20(25)29-3)17(14)19(21(26)30-4)22(15,11-23)12-24(23)31-9-10-32-24/h5-6,15,19H,7-13H2,1-4H3/t15-,19-,22+,23-/m0/s1. The summed E-state index contributed by atoms with van der Waals surface area (Å²) in [7, 11) is 5.77. The Kier molecular flexibility index (Phi) is 5.43. The molecule has 9 heteroatoms. The van der Waals surface area contributed by atoms with Crippen LogP contribution in [-0.2, 0) is 33.2 Å². The minimum Gasteiger partial charge on any atom is -0.496 e. The van der Waals surface area contributed by atoms with Crippen molar-refractivity contribution >= 4 is 11.9 Å². The number of ether oxygens (including phenoxy) is 7. The van der Waals surface area contributed by atoms with Crippen LogP contribution in [0.3, 0.4) is 0 Å². The highest BCUT2D eigenvalue weighted by Gasteiger charge is 2.76. The lowest BCUT2D eigenvalue weighted by atomic mass is 9.63. The average Bonchev–Trinajstić information content (AvgIpc) is 3.47. The van der Waals surface area contributed by atoms with Gasteiger partial charge in [-0.2, -0.15) is 0 Å². The Hall–Kier alpha value is -2.20. The lowest BCUT2D eigenvalue weighted by Crippen LogP contribution is -2.53. The normalized spacial score (nSPS) is 33.0. The van der Waals surface area contributed by atoms with E-state index in [0.717, 1.165) is 12.0 Å². The molecule has 0 aromatic heterocycles. The van der Waals surface area contributed by atoms with Gasteiger partial charge in [0.05, 0.1) is 40.5 Å². The Bertz CT molecular complexity index is 969. The van der Waals surface area contributed by atoms with E-state index >= 15 is 0 Å². The predicted molar refractivity (Wildman–Crippen MR) is 113 cm³/mol. The molecule has 33 heavy (non-hydrogen) atoms. The summed E-state index contributed by atoms with van der Waals surface area (Å²) in [5, 5.41) is 0. The van der Waals surface area contributed by atoms with Gasteiger partial charge >= 0.3 is 11.9 Å². The number of carbonyl (C=O) groups excluding carboxylic acids is 2. The minimum absolute atomic E-state index is 0.00245. The molecule has 3 fully saturated rings. The van der Waals surface area contributed by atoms with Crippen molar-refractivity contribution in [2.45, 2.75) is 48.9 Å². The van der Waals surface area contributed by atoms with E-state index in [2.05, 4.69) is 0 Å². The first-order valence-electron chi connectivity index (χ1n) is 11.2. The van der Waals surface area contributed by atoms with Gasteiger partial charge in [0.15, 0.2) is 5.79 Å². The van der Waals surface area contributed by atoms with Gasteiger partial charge in [-0.15, -0.1) is 0 Å². The van der Waals surface area contributed by atoms with E-state index in [1.807, 2.05) is 6.07 Å². The Morgan fingerprint density at radius 2 is 1.82 bits per heavy atom. The summed E-state index contributed by atoms with van der Waals surface area (Å²) < 4.78 is 40.0. The first-order chi connectivity index (χ1) is 15.9. The van der Waals surface area contributed by atoms with Crippen LogP contribution < -0.4 is 4.74 Å². The van der Waals surface area contributed by atoms with E-state index in [9.17, 15) is 9.59 Å². The van der Waals surface area contributed by atoms with E-state index in [1.165, 1.54) is 21.3 Å². The summed E-state index contributed by atoms with van der Waals surface area (Å²) in [6, 6.07) is 3.73. The van der Waals surface area contributed by atoms with Crippen molar-refractivity contribution < 1.29 is 42.7 Å². The second-order valence-electron chi connectivity index (χ2n) is 9.27. The van der Waals surface area contributed by atoms with E-state index in [1.54, 1.807) is 13.2 Å². The first kappa shape index (κ1) is 22.6. The van der Waals surface area contributed by atoms with Crippen LogP contribution in [-0.4, -0.2) is 71.8 Å². The summed E-state index contributed by atoms with van der Waals surface area (Å²) >= 11 is 0. The zero-order chi connectivity index (χ0) is 23.4. The fourth-order valence-corrected chi connectivity index (χ4v) is 7.08. The van der Waals surface area contributed by atoms with Crippen molar-refractivity contribution in [3.05, 3.63) is 28.8 Å². The quantitative estimate of drug-likeness (QED) is 0.466. The molecule has 180 valence electrons. The number of benzene rings is 1. The molecule has 2 spiro atoms. The van der Waals surface area contributed by atoms with Gasteiger partial charge in [-0.25, -0.2) is 4.79 Å². The number of methoxy groups -OCH3 is 4.